The van der Waals surface area contributed by atoms with Gasteiger partial charge in [-0.3, -0.25) is 4.98 Å². The van der Waals surface area contributed by atoms with Crippen LogP contribution in [0, 0.1) is 5.41 Å². The summed E-state index contributed by atoms with van der Waals surface area (Å²) >= 11 is 0. The lowest BCUT2D eigenvalue weighted by atomic mass is 10.0. The molecule has 0 aliphatic rings. The number of oxazole rings is 1. The summed E-state index contributed by atoms with van der Waals surface area (Å²) in [5, 5.41) is 7.39. The lowest BCUT2D eigenvalue weighted by Crippen LogP contribution is -1.96. The van der Waals surface area contributed by atoms with E-state index in [2.05, 4.69) is 15.0 Å². The minimum absolute atomic E-state index is 0.147. The SMILES string of the molecule is N=C/C(=C\N)c1cnc2ccc(-c3ccc4oc(N)nc4c3)cc2n1. The van der Waals surface area contributed by atoms with Gasteiger partial charge in [0, 0.05) is 18.0 Å². The Morgan fingerprint density at radius 3 is 2.52 bits per heavy atom. The number of allylic oxidation sites excluding steroid dienone is 1. The van der Waals surface area contributed by atoms with Gasteiger partial charge in [-0.25, -0.2) is 4.98 Å². The van der Waals surface area contributed by atoms with Crippen LogP contribution >= 0.6 is 0 Å². The van der Waals surface area contributed by atoms with Crippen LogP contribution < -0.4 is 11.5 Å². The fourth-order valence-corrected chi connectivity index (χ4v) is 2.66. The fraction of sp³-hybridized carbons (Fsp3) is 0. The average Bonchev–Trinajstić information content (AvgIpc) is 3.01. The molecule has 7 nitrogen and oxygen atoms in total. The highest BCUT2D eigenvalue weighted by molar-refractivity contribution is 6.07. The third-order valence-corrected chi connectivity index (χ3v) is 3.91. The van der Waals surface area contributed by atoms with Crippen molar-refractivity contribution in [3.63, 3.8) is 0 Å². The van der Waals surface area contributed by atoms with Crippen molar-refractivity contribution < 1.29 is 4.42 Å². The quantitative estimate of drug-likeness (QED) is 0.495. The van der Waals surface area contributed by atoms with Gasteiger partial charge in [0.15, 0.2) is 5.58 Å². The molecule has 2 aromatic heterocycles. The van der Waals surface area contributed by atoms with Crippen LogP contribution in [0.5, 0.6) is 0 Å². The second kappa shape index (κ2) is 5.72. The first-order valence-electron chi connectivity index (χ1n) is 7.54. The number of nitrogens with zero attached hydrogens (tertiary/aromatic N) is 3. The Labute approximate surface area is 142 Å². The van der Waals surface area contributed by atoms with Gasteiger partial charge in [0.2, 0.25) is 0 Å². The zero-order chi connectivity index (χ0) is 17.4. The van der Waals surface area contributed by atoms with Crippen LogP contribution in [0.2, 0.25) is 0 Å². The smallest absolute Gasteiger partial charge is 0.292 e. The Kier molecular flexibility index (Phi) is 3.39. The molecule has 0 saturated carbocycles. The van der Waals surface area contributed by atoms with Crippen LogP contribution in [0.15, 0.2) is 53.2 Å². The van der Waals surface area contributed by atoms with Crippen molar-refractivity contribution >= 4 is 39.9 Å². The van der Waals surface area contributed by atoms with E-state index in [0.29, 0.717) is 22.4 Å². The first kappa shape index (κ1) is 14.8. The zero-order valence-corrected chi connectivity index (χ0v) is 13.1. The predicted octanol–water partition coefficient (Wildman–Crippen LogP) is 2.97. The summed E-state index contributed by atoms with van der Waals surface area (Å²) in [6.07, 6.45) is 4.11. The highest BCUT2D eigenvalue weighted by atomic mass is 16.4. The molecule has 0 saturated heterocycles. The lowest BCUT2D eigenvalue weighted by Gasteiger charge is -2.05. The van der Waals surface area contributed by atoms with Gasteiger partial charge >= 0.3 is 0 Å². The van der Waals surface area contributed by atoms with E-state index in [1.54, 1.807) is 6.20 Å². The number of hydrogen-bond donors (Lipinski definition) is 3. The zero-order valence-electron chi connectivity index (χ0n) is 13.1. The highest BCUT2D eigenvalue weighted by Crippen LogP contribution is 2.27. The number of rotatable bonds is 3. The molecule has 0 unspecified atom stereocenters. The van der Waals surface area contributed by atoms with E-state index < -0.39 is 0 Å². The van der Waals surface area contributed by atoms with Crippen LogP contribution in [0.4, 0.5) is 6.01 Å². The van der Waals surface area contributed by atoms with Crippen LogP contribution in [0.1, 0.15) is 5.69 Å². The van der Waals surface area contributed by atoms with E-state index in [-0.39, 0.29) is 6.01 Å². The van der Waals surface area contributed by atoms with Crippen molar-refractivity contribution in [2.75, 3.05) is 5.73 Å². The first-order valence-corrected chi connectivity index (χ1v) is 7.54. The molecular weight excluding hydrogens is 316 g/mol. The van der Waals surface area contributed by atoms with E-state index in [1.807, 2.05) is 36.4 Å². The maximum absolute atomic E-state index is 7.39. The van der Waals surface area contributed by atoms with Crippen molar-refractivity contribution in [1.82, 2.24) is 15.0 Å². The molecule has 0 aliphatic carbocycles. The van der Waals surface area contributed by atoms with E-state index in [0.717, 1.165) is 28.4 Å². The molecule has 122 valence electrons. The van der Waals surface area contributed by atoms with Gasteiger partial charge < -0.3 is 21.3 Å². The third kappa shape index (κ3) is 2.57. The molecule has 0 fully saturated rings. The summed E-state index contributed by atoms with van der Waals surface area (Å²) in [4.78, 5) is 13.1. The lowest BCUT2D eigenvalue weighted by molar-refractivity contribution is 0.626. The number of nitrogen functional groups attached to an aromatic ring is 1. The minimum atomic E-state index is 0.147. The molecule has 0 spiro atoms. The van der Waals surface area contributed by atoms with Crippen LogP contribution in [-0.4, -0.2) is 21.2 Å². The van der Waals surface area contributed by atoms with E-state index in [1.165, 1.54) is 6.20 Å². The molecule has 5 N–H and O–H groups in total. The normalized spacial score (nSPS) is 11.9. The maximum Gasteiger partial charge on any atom is 0.292 e. The predicted molar refractivity (Wildman–Crippen MR) is 97.9 cm³/mol. The number of anilines is 1. The van der Waals surface area contributed by atoms with Gasteiger partial charge in [0.25, 0.3) is 6.01 Å². The van der Waals surface area contributed by atoms with E-state index >= 15 is 0 Å². The Morgan fingerprint density at radius 1 is 1.00 bits per heavy atom. The monoisotopic (exact) mass is 330 g/mol. The van der Waals surface area contributed by atoms with Gasteiger partial charge in [0.05, 0.1) is 22.9 Å². The van der Waals surface area contributed by atoms with Gasteiger partial charge in [-0.05, 0) is 35.4 Å². The summed E-state index contributed by atoms with van der Waals surface area (Å²) in [5.41, 5.74) is 17.0. The molecule has 0 atom stereocenters. The van der Waals surface area contributed by atoms with Gasteiger partial charge in [-0.2, -0.15) is 4.98 Å². The maximum atomic E-state index is 7.39. The van der Waals surface area contributed by atoms with Crippen LogP contribution in [-0.2, 0) is 0 Å². The summed E-state index contributed by atoms with van der Waals surface area (Å²) in [7, 11) is 0. The summed E-state index contributed by atoms with van der Waals surface area (Å²) in [6, 6.07) is 11.6. The first-order chi connectivity index (χ1) is 12.2. The number of aromatic nitrogens is 3. The molecule has 0 aliphatic heterocycles. The number of fused-ring (bicyclic) bond motifs is 2. The minimum Gasteiger partial charge on any atom is -0.424 e. The fourth-order valence-electron chi connectivity index (χ4n) is 2.66. The molecule has 2 aromatic carbocycles. The molecule has 25 heavy (non-hydrogen) atoms. The highest BCUT2D eigenvalue weighted by Gasteiger charge is 2.08. The third-order valence-electron chi connectivity index (χ3n) is 3.91. The standard InChI is InChI=1S/C18H14N6O/c19-7-12(8-20)16-9-22-13-3-1-10(5-14(13)23-16)11-2-4-17-15(6-11)24-18(21)25-17/h1-9,19H,20H2,(H2,21,24)/b12-8+,19-7?. The average molecular weight is 330 g/mol. The van der Waals surface area contributed by atoms with Gasteiger partial charge in [-0.1, -0.05) is 12.1 Å². The van der Waals surface area contributed by atoms with Gasteiger partial charge in [-0.15, -0.1) is 0 Å². The Balaban J connectivity index is 1.84. The van der Waals surface area contributed by atoms with Gasteiger partial charge in [0.1, 0.15) is 5.52 Å². The molecule has 2 heterocycles. The van der Waals surface area contributed by atoms with Crippen LogP contribution in [0.25, 0.3) is 38.8 Å². The largest absolute Gasteiger partial charge is 0.424 e. The summed E-state index contributed by atoms with van der Waals surface area (Å²) in [6.45, 7) is 0. The van der Waals surface area contributed by atoms with E-state index in [9.17, 15) is 0 Å². The Hall–Kier alpha value is -3.74. The molecule has 0 bridgehead atoms. The molecule has 0 radical (unpaired) electrons. The number of nitrogens with one attached hydrogen (secondary N) is 1. The number of hydrogen-bond acceptors (Lipinski definition) is 7. The molecule has 7 heteroatoms. The Bertz CT molecular complexity index is 1140. The summed E-state index contributed by atoms with van der Waals surface area (Å²) in [5.74, 6) is 0. The molecular formula is C18H14N6O. The second-order valence-corrected chi connectivity index (χ2v) is 5.46. The van der Waals surface area contributed by atoms with Crippen molar-refractivity contribution in [3.05, 3.63) is 54.5 Å². The van der Waals surface area contributed by atoms with Crippen molar-refractivity contribution in [3.8, 4) is 11.1 Å². The number of benzene rings is 2. The molecule has 0 amide bonds. The Morgan fingerprint density at radius 2 is 1.76 bits per heavy atom. The summed E-state index contributed by atoms with van der Waals surface area (Å²) < 4.78 is 5.30. The topological polar surface area (TPSA) is 128 Å². The molecule has 4 rings (SSSR count). The van der Waals surface area contributed by atoms with Crippen molar-refractivity contribution in [2.45, 2.75) is 0 Å². The second-order valence-electron chi connectivity index (χ2n) is 5.46. The van der Waals surface area contributed by atoms with Crippen molar-refractivity contribution in [2.24, 2.45) is 5.73 Å². The molecule has 4 aromatic rings. The van der Waals surface area contributed by atoms with Crippen LogP contribution in [0.3, 0.4) is 0 Å². The van der Waals surface area contributed by atoms with Crippen molar-refractivity contribution in [1.29, 1.82) is 5.41 Å². The number of nitrogens with two attached hydrogens (primary N) is 2. The van der Waals surface area contributed by atoms with E-state index in [4.69, 9.17) is 21.3 Å².